The van der Waals surface area contributed by atoms with Gasteiger partial charge in [-0.1, -0.05) is 19.9 Å². The van der Waals surface area contributed by atoms with Gasteiger partial charge in [-0.15, -0.1) is 0 Å². The molecule has 0 aromatic heterocycles. The number of benzene rings is 1. The Morgan fingerprint density at radius 3 is 2.52 bits per heavy atom. The fourth-order valence-electron chi connectivity index (χ4n) is 3.39. The van der Waals surface area contributed by atoms with Gasteiger partial charge in [0.15, 0.2) is 11.6 Å². The quantitative estimate of drug-likeness (QED) is 0.676. The van der Waals surface area contributed by atoms with Crippen LogP contribution in [0.25, 0.3) is 0 Å². The average molecular weight is 323 g/mol. The molecule has 3 nitrogen and oxygen atoms in total. The molecule has 1 saturated carbocycles. The van der Waals surface area contributed by atoms with Gasteiger partial charge in [0, 0.05) is 17.6 Å². The smallest absolute Gasteiger partial charge is 0.311 e. The summed E-state index contributed by atoms with van der Waals surface area (Å²) >= 11 is 0. The molecule has 1 fully saturated rings. The molecule has 1 aliphatic carbocycles. The summed E-state index contributed by atoms with van der Waals surface area (Å²) in [5, 5.41) is 18.5. The molecule has 1 aromatic rings. The van der Waals surface area contributed by atoms with E-state index >= 15 is 0 Å². The van der Waals surface area contributed by atoms with Crippen LogP contribution in [0.15, 0.2) is 23.8 Å². The lowest BCUT2D eigenvalue weighted by molar-refractivity contribution is -0.145. The first-order valence-corrected chi connectivity index (χ1v) is 7.03. The van der Waals surface area contributed by atoms with E-state index in [4.69, 9.17) is 5.26 Å². The fraction of sp³-hybridized carbons (Fsp3) is 0.412. The number of hydrogen-bond donors (Lipinski definition) is 1. The van der Waals surface area contributed by atoms with E-state index in [1.54, 1.807) is 20.8 Å². The van der Waals surface area contributed by atoms with Gasteiger partial charge < -0.3 is 5.11 Å². The van der Waals surface area contributed by atoms with E-state index in [2.05, 4.69) is 0 Å². The second-order valence-corrected chi connectivity index (χ2v) is 6.47. The summed E-state index contributed by atoms with van der Waals surface area (Å²) in [6.45, 7) is 4.91. The summed E-state index contributed by atoms with van der Waals surface area (Å²) < 4.78 is 40.6. The summed E-state index contributed by atoms with van der Waals surface area (Å²) in [5.41, 5.74) is -2.15. The predicted octanol–water partition coefficient (Wildman–Crippen LogP) is 3.84. The van der Waals surface area contributed by atoms with Crippen LogP contribution < -0.4 is 0 Å². The van der Waals surface area contributed by atoms with Crippen molar-refractivity contribution in [3.05, 3.63) is 46.8 Å². The number of carbonyl (C=O) groups is 1. The number of nitriles is 1. The Bertz CT molecular complexity index is 749. The number of carboxylic acids is 1. The topological polar surface area (TPSA) is 61.1 Å². The van der Waals surface area contributed by atoms with E-state index in [0.717, 1.165) is 6.07 Å². The van der Waals surface area contributed by atoms with Crippen molar-refractivity contribution in [2.45, 2.75) is 27.2 Å². The van der Waals surface area contributed by atoms with Crippen LogP contribution in [0.3, 0.4) is 0 Å². The molecular weight excluding hydrogens is 307 g/mol. The first kappa shape index (κ1) is 17.1. The number of allylic oxidation sites excluding steroid dienone is 2. The molecule has 2 rings (SSSR count). The van der Waals surface area contributed by atoms with Gasteiger partial charge in [0.2, 0.25) is 0 Å². The Kier molecular flexibility index (Phi) is 4.02. The molecule has 122 valence electrons. The van der Waals surface area contributed by atoms with Gasteiger partial charge in [0.1, 0.15) is 5.82 Å². The summed E-state index contributed by atoms with van der Waals surface area (Å²) in [5.74, 6) is -5.26. The van der Waals surface area contributed by atoms with Gasteiger partial charge in [-0.05, 0) is 30.4 Å². The zero-order valence-electron chi connectivity index (χ0n) is 13.0. The number of carboxylic acid groups (broad SMARTS) is 1. The van der Waals surface area contributed by atoms with Gasteiger partial charge >= 0.3 is 5.97 Å². The van der Waals surface area contributed by atoms with Gasteiger partial charge in [0.05, 0.1) is 11.5 Å². The number of nitrogens with zero attached hydrogens (tertiary/aromatic N) is 1. The van der Waals surface area contributed by atoms with Crippen LogP contribution in [0.4, 0.5) is 13.2 Å². The lowest BCUT2D eigenvalue weighted by Gasteiger charge is -2.16. The van der Waals surface area contributed by atoms with Crippen LogP contribution in [0, 0.1) is 45.5 Å². The molecule has 0 bridgehead atoms. The maximum atomic E-state index is 13.9. The van der Waals surface area contributed by atoms with Crippen molar-refractivity contribution in [2.75, 3.05) is 0 Å². The van der Waals surface area contributed by atoms with Gasteiger partial charge in [0.25, 0.3) is 0 Å². The highest BCUT2D eigenvalue weighted by Crippen LogP contribution is 2.71. The highest BCUT2D eigenvalue weighted by molar-refractivity contribution is 5.82. The van der Waals surface area contributed by atoms with Crippen LogP contribution in [0.1, 0.15) is 26.3 Å². The predicted molar refractivity (Wildman–Crippen MR) is 76.7 cm³/mol. The first-order valence-electron chi connectivity index (χ1n) is 7.03. The van der Waals surface area contributed by atoms with Crippen molar-refractivity contribution in [3.63, 3.8) is 0 Å². The third-order valence-electron chi connectivity index (χ3n) is 4.89. The van der Waals surface area contributed by atoms with Crippen molar-refractivity contribution >= 4 is 5.97 Å². The van der Waals surface area contributed by atoms with Crippen molar-refractivity contribution in [1.29, 1.82) is 5.26 Å². The Labute approximate surface area is 132 Å². The maximum absolute atomic E-state index is 13.9. The molecule has 0 saturated heterocycles. The monoisotopic (exact) mass is 323 g/mol. The van der Waals surface area contributed by atoms with Crippen LogP contribution in [0.2, 0.25) is 0 Å². The molecule has 1 N–H and O–H groups in total. The zero-order chi connectivity index (χ0) is 17.6. The zero-order valence-corrected chi connectivity index (χ0v) is 13.0. The minimum Gasteiger partial charge on any atom is -0.481 e. The molecule has 1 aliphatic rings. The lowest BCUT2D eigenvalue weighted by Crippen LogP contribution is -2.25. The number of halogens is 3. The van der Waals surface area contributed by atoms with E-state index in [1.807, 2.05) is 6.07 Å². The summed E-state index contributed by atoms with van der Waals surface area (Å²) in [6.07, 6.45) is 1.18. The van der Waals surface area contributed by atoms with E-state index in [9.17, 15) is 23.1 Å². The highest BCUT2D eigenvalue weighted by atomic mass is 19.2. The summed E-state index contributed by atoms with van der Waals surface area (Å²) in [7, 11) is 0. The average Bonchev–Trinajstić information content (AvgIpc) is 2.91. The van der Waals surface area contributed by atoms with Crippen molar-refractivity contribution in [1.82, 2.24) is 0 Å². The summed E-state index contributed by atoms with van der Waals surface area (Å²) in [4.78, 5) is 11.8. The third-order valence-corrected chi connectivity index (χ3v) is 4.89. The van der Waals surface area contributed by atoms with Crippen molar-refractivity contribution < 1.29 is 23.1 Å². The minimum absolute atomic E-state index is 0.316. The summed E-state index contributed by atoms with van der Waals surface area (Å²) in [6, 6.07) is 3.15. The molecule has 0 spiro atoms. The minimum atomic E-state index is -1.41. The van der Waals surface area contributed by atoms with Crippen LogP contribution in [0.5, 0.6) is 0 Å². The van der Waals surface area contributed by atoms with Crippen LogP contribution in [-0.4, -0.2) is 11.1 Å². The second kappa shape index (κ2) is 5.41. The Balaban J connectivity index is 2.50. The van der Waals surface area contributed by atoms with E-state index in [0.29, 0.717) is 11.6 Å². The lowest BCUT2D eigenvalue weighted by atomic mass is 9.88. The molecule has 0 aliphatic heterocycles. The molecule has 0 heterocycles. The molecule has 2 atom stereocenters. The van der Waals surface area contributed by atoms with Gasteiger partial charge in [-0.3, -0.25) is 4.79 Å². The molecule has 1 aromatic carbocycles. The number of aliphatic carboxylic acids is 1. The van der Waals surface area contributed by atoms with Crippen molar-refractivity contribution in [2.24, 2.45) is 16.7 Å². The molecule has 23 heavy (non-hydrogen) atoms. The molecule has 6 heteroatoms. The van der Waals surface area contributed by atoms with Gasteiger partial charge in [-0.2, -0.15) is 5.26 Å². The van der Waals surface area contributed by atoms with E-state index in [1.165, 1.54) is 6.08 Å². The van der Waals surface area contributed by atoms with E-state index < -0.39 is 40.2 Å². The Morgan fingerprint density at radius 1 is 1.39 bits per heavy atom. The number of hydrogen-bond acceptors (Lipinski definition) is 2. The van der Waals surface area contributed by atoms with Crippen LogP contribution >= 0.6 is 0 Å². The SMILES string of the molecule is CC(C#N)=CC1C(C)(C)C1(Cc1cc(F)cc(F)c1F)C(=O)O. The maximum Gasteiger partial charge on any atom is 0.311 e. The molecule has 0 radical (unpaired) electrons. The second-order valence-electron chi connectivity index (χ2n) is 6.47. The molecular formula is C17H16F3NO2. The molecule has 2 unspecified atom stereocenters. The fourth-order valence-corrected chi connectivity index (χ4v) is 3.39. The van der Waals surface area contributed by atoms with E-state index in [-0.39, 0.29) is 12.0 Å². The van der Waals surface area contributed by atoms with Gasteiger partial charge in [-0.25, -0.2) is 13.2 Å². The standard InChI is InChI=1S/C17H16F3NO2/c1-9(8-21)4-13-16(2,3)17(13,15(22)23)7-10-5-11(18)6-12(19)14(10)20/h4-6,13H,7H2,1-3H3,(H,22,23). The largest absolute Gasteiger partial charge is 0.481 e. The Hall–Kier alpha value is -2.29. The molecule has 0 amide bonds. The number of rotatable bonds is 4. The third kappa shape index (κ3) is 2.50. The highest BCUT2D eigenvalue weighted by Gasteiger charge is 2.74. The van der Waals surface area contributed by atoms with Crippen molar-refractivity contribution in [3.8, 4) is 6.07 Å². The normalized spacial score (nSPS) is 25.8. The first-order chi connectivity index (χ1) is 10.6. The van der Waals surface area contributed by atoms with Crippen LogP contribution in [-0.2, 0) is 11.2 Å². The Morgan fingerprint density at radius 2 is 2.00 bits per heavy atom.